The van der Waals surface area contributed by atoms with Crippen molar-refractivity contribution in [3.05, 3.63) is 58.4 Å². The van der Waals surface area contributed by atoms with Crippen LogP contribution in [0.4, 0.5) is 0 Å². The fourth-order valence-electron chi connectivity index (χ4n) is 1.62. The second kappa shape index (κ2) is 6.55. The number of benzene rings is 1. The molecule has 0 unspecified atom stereocenters. The number of hydrogen-bond acceptors (Lipinski definition) is 3. The number of nitriles is 1. The van der Waals surface area contributed by atoms with E-state index >= 15 is 0 Å². The molecule has 5 heteroatoms. The summed E-state index contributed by atoms with van der Waals surface area (Å²) in [6, 6.07) is 11.1. The molecule has 0 radical (unpaired) electrons. The van der Waals surface area contributed by atoms with Crippen LogP contribution >= 0.6 is 27.5 Å². The first-order valence-corrected chi connectivity index (χ1v) is 7.06. The van der Waals surface area contributed by atoms with E-state index in [-0.39, 0.29) is 6.61 Å². The van der Waals surface area contributed by atoms with Gasteiger partial charge in [0, 0.05) is 27.7 Å². The molecule has 0 fully saturated rings. The van der Waals surface area contributed by atoms with Gasteiger partial charge in [0.2, 0.25) is 0 Å². The molecule has 0 N–H and O–H groups in total. The summed E-state index contributed by atoms with van der Waals surface area (Å²) in [4.78, 5) is 3.99. The van der Waals surface area contributed by atoms with E-state index in [1.807, 2.05) is 30.3 Å². The Morgan fingerprint density at radius 2 is 2.16 bits per heavy atom. The van der Waals surface area contributed by atoms with Gasteiger partial charge < -0.3 is 4.74 Å². The van der Waals surface area contributed by atoms with E-state index < -0.39 is 0 Å². The zero-order chi connectivity index (χ0) is 13.7. The lowest BCUT2D eigenvalue weighted by Gasteiger charge is -2.11. The molecule has 1 heterocycles. The van der Waals surface area contributed by atoms with Crippen LogP contribution in [0, 0.1) is 11.3 Å². The summed E-state index contributed by atoms with van der Waals surface area (Å²) in [7, 11) is 0. The Labute approximate surface area is 124 Å². The van der Waals surface area contributed by atoms with Crippen LogP contribution in [0.3, 0.4) is 0 Å². The Bertz CT molecular complexity index is 625. The SMILES string of the molecule is N#Cc1ncccc1COc1cccc(Cl)c1CBr. The number of nitrogens with zero attached hydrogens (tertiary/aromatic N) is 2. The summed E-state index contributed by atoms with van der Waals surface area (Å²) in [5.41, 5.74) is 2.03. The highest BCUT2D eigenvalue weighted by Crippen LogP contribution is 2.29. The van der Waals surface area contributed by atoms with Crippen molar-refractivity contribution in [3.63, 3.8) is 0 Å². The fraction of sp³-hybridized carbons (Fsp3) is 0.143. The first kappa shape index (κ1) is 13.9. The number of pyridine rings is 1. The summed E-state index contributed by atoms with van der Waals surface area (Å²) in [6.45, 7) is 0.289. The molecule has 0 saturated carbocycles. The van der Waals surface area contributed by atoms with Gasteiger partial charge in [-0.2, -0.15) is 5.26 Å². The van der Waals surface area contributed by atoms with Gasteiger partial charge in [0.15, 0.2) is 0 Å². The van der Waals surface area contributed by atoms with Crippen molar-refractivity contribution in [1.29, 1.82) is 5.26 Å². The molecule has 3 nitrogen and oxygen atoms in total. The molecule has 0 aliphatic heterocycles. The lowest BCUT2D eigenvalue weighted by atomic mass is 10.2. The molecule has 0 aliphatic carbocycles. The van der Waals surface area contributed by atoms with Gasteiger partial charge in [0.05, 0.1) is 0 Å². The molecule has 19 heavy (non-hydrogen) atoms. The van der Waals surface area contributed by atoms with E-state index in [0.29, 0.717) is 21.8 Å². The summed E-state index contributed by atoms with van der Waals surface area (Å²) in [5.74, 6) is 0.706. The standard InChI is InChI=1S/C14H10BrClN2O/c15-7-11-12(16)4-1-5-14(11)19-9-10-3-2-6-18-13(10)8-17/h1-6H,7,9H2. The minimum absolute atomic E-state index is 0.289. The number of hydrogen-bond donors (Lipinski definition) is 0. The molecule has 0 bridgehead atoms. The molecular formula is C14H10BrClN2O. The first-order chi connectivity index (χ1) is 9.26. The predicted octanol–water partition coefficient (Wildman–Crippen LogP) is 4.08. The highest BCUT2D eigenvalue weighted by Gasteiger charge is 2.08. The number of rotatable bonds is 4. The number of halogens is 2. The van der Waals surface area contributed by atoms with Crippen LogP contribution in [0.5, 0.6) is 5.75 Å². The Morgan fingerprint density at radius 3 is 2.89 bits per heavy atom. The van der Waals surface area contributed by atoms with Crippen molar-refractivity contribution in [2.24, 2.45) is 0 Å². The van der Waals surface area contributed by atoms with Crippen molar-refractivity contribution < 1.29 is 4.74 Å². The molecule has 0 aliphatic rings. The molecule has 1 aromatic heterocycles. The summed E-state index contributed by atoms with van der Waals surface area (Å²) >= 11 is 9.48. The van der Waals surface area contributed by atoms with Crippen molar-refractivity contribution >= 4 is 27.5 Å². The van der Waals surface area contributed by atoms with Gasteiger partial charge in [-0.3, -0.25) is 0 Å². The maximum absolute atomic E-state index is 8.96. The zero-order valence-electron chi connectivity index (χ0n) is 9.94. The van der Waals surface area contributed by atoms with E-state index in [2.05, 4.69) is 20.9 Å². The largest absolute Gasteiger partial charge is 0.488 e. The molecule has 0 spiro atoms. The van der Waals surface area contributed by atoms with Crippen molar-refractivity contribution in [3.8, 4) is 11.8 Å². The van der Waals surface area contributed by atoms with Gasteiger partial charge in [-0.05, 0) is 18.2 Å². The lowest BCUT2D eigenvalue weighted by Crippen LogP contribution is -2.01. The maximum atomic E-state index is 8.96. The van der Waals surface area contributed by atoms with Gasteiger partial charge in [-0.25, -0.2) is 4.98 Å². The van der Waals surface area contributed by atoms with E-state index in [1.165, 1.54) is 0 Å². The van der Waals surface area contributed by atoms with Gasteiger partial charge in [-0.1, -0.05) is 39.7 Å². The summed E-state index contributed by atoms with van der Waals surface area (Å²) in [6.07, 6.45) is 1.59. The van der Waals surface area contributed by atoms with Crippen LogP contribution in [0.2, 0.25) is 5.02 Å². The average Bonchev–Trinajstić information content (AvgIpc) is 2.45. The Balaban J connectivity index is 2.20. The van der Waals surface area contributed by atoms with E-state index in [0.717, 1.165) is 11.1 Å². The van der Waals surface area contributed by atoms with Gasteiger partial charge in [0.25, 0.3) is 0 Å². The molecule has 0 atom stereocenters. The van der Waals surface area contributed by atoms with Crippen molar-refractivity contribution in [1.82, 2.24) is 4.98 Å². The van der Waals surface area contributed by atoms with Crippen molar-refractivity contribution in [2.75, 3.05) is 0 Å². The monoisotopic (exact) mass is 336 g/mol. The van der Waals surface area contributed by atoms with E-state index in [9.17, 15) is 0 Å². The zero-order valence-corrected chi connectivity index (χ0v) is 12.3. The second-order valence-corrected chi connectivity index (χ2v) is 4.73. The minimum Gasteiger partial charge on any atom is -0.488 e. The third kappa shape index (κ3) is 3.25. The fourth-order valence-corrected chi connectivity index (χ4v) is 2.59. The summed E-state index contributed by atoms with van der Waals surface area (Å²) < 4.78 is 5.73. The van der Waals surface area contributed by atoms with Crippen LogP contribution in [-0.4, -0.2) is 4.98 Å². The Kier molecular flexibility index (Phi) is 4.78. The van der Waals surface area contributed by atoms with Crippen LogP contribution < -0.4 is 4.74 Å². The van der Waals surface area contributed by atoms with Crippen LogP contribution in [0.15, 0.2) is 36.5 Å². The van der Waals surface area contributed by atoms with Gasteiger partial charge >= 0.3 is 0 Å². The second-order valence-electron chi connectivity index (χ2n) is 3.76. The molecule has 0 saturated heterocycles. The van der Waals surface area contributed by atoms with Crippen molar-refractivity contribution in [2.45, 2.75) is 11.9 Å². The third-order valence-electron chi connectivity index (χ3n) is 2.59. The lowest BCUT2D eigenvalue weighted by molar-refractivity contribution is 0.303. The smallest absolute Gasteiger partial charge is 0.147 e. The molecule has 1 aromatic carbocycles. The van der Waals surface area contributed by atoms with Crippen LogP contribution in [-0.2, 0) is 11.9 Å². The van der Waals surface area contributed by atoms with Gasteiger partial charge in [0.1, 0.15) is 24.1 Å². The first-order valence-electron chi connectivity index (χ1n) is 5.56. The van der Waals surface area contributed by atoms with Crippen LogP contribution in [0.25, 0.3) is 0 Å². The average molecular weight is 338 g/mol. The highest BCUT2D eigenvalue weighted by atomic mass is 79.9. The number of aromatic nitrogens is 1. The maximum Gasteiger partial charge on any atom is 0.147 e. The molecular weight excluding hydrogens is 328 g/mol. The van der Waals surface area contributed by atoms with Crippen LogP contribution in [0.1, 0.15) is 16.8 Å². The van der Waals surface area contributed by atoms with E-state index in [1.54, 1.807) is 12.3 Å². The van der Waals surface area contributed by atoms with Gasteiger partial charge in [-0.15, -0.1) is 0 Å². The predicted molar refractivity (Wildman–Crippen MR) is 77.4 cm³/mol. The summed E-state index contributed by atoms with van der Waals surface area (Å²) in [5, 5.41) is 10.2. The minimum atomic E-state index is 0.289. The molecule has 0 amide bonds. The van der Waals surface area contributed by atoms with E-state index in [4.69, 9.17) is 21.6 Å². The normalized spacial score (nSPS) is 9.95. The molecule has 2 aromatic rings. The number of alkyl halides is 1. The highest BCUT2D eigenvalue weighted by molar-refractivity contribution is 9.08. The molecule has 96 valence electrons. The number of ether oxygens (including phenoxy) is 1. The third-order valence-corrected chi connectivity index (χ3v) is 3.50. The topological polar surface area (TPSA) is 45.9 Å². The Hall–Kier alpha value is -1.57. The molecule has 2 rings (SSSR count). The Morgan fingerprint density at radius 1 is 1.32 bits per heavy atom. The quantitative estimate of drug-likeness (QED) is 0.790.